The topological polar surface area (TPSA) is 166 Å². The second kappa shape index (κ2) is 13.2. The fraction of sp³-hybridized carbons (Fsp3) is 0.333. The molecule has 0 spiro atoms. The Labute approximate surface area is 186 Å². The van der Waals surface area contributed by atoms with E-state index in [1.165, 1.54) is 61.4 Å². The van der Waals surface area contributed by atoms with E-state index in [2.05, 4.69) is 0 Å². The minimum Gasteiger partial charge on any atom is -0.744 e. The Kier molecular flexibility index (Phi) is 12.7. The van der Waals surface area contributed by atoms with E-state index in [-0.39, 0.29) is 42.9 Å². The first-order valence-electron chi connectivity index (χ1n) is 8.55. The van der Waals surface area contributed by atoms with Gasteiger partial charge in [0.1, 0.15) is 20.2 Å². The van der Waals surface area contributed by atoms with Crippen molar-refractivity contribution in [3.63, 3.8) is 0 Å². The summed E-state index contributed by atoms with van der Waals surface area (Å²) < 4.78 is 61.7. The van der Waals surface area contributed by atoms with Gasteiger partial charge >= 0.3 is 21.1 Å². The average molecular weight is 624 g/mol. The molecular weight excluding hydrogens is 599 g/mol. The molecular formula is C18H24N2O6PtS2. The van der Waals surface area contributed by atoms with E-state index < -0.39 is 20.2 Å². The molecule has 2 aromatic rings. The van der Waals surface area contributed by atoms with Crippen molar-refractivity contribution in [2.45, 2.75) is 47.6 Å². The van der Waals surface area contributed by atoms with Gasteiger partial charge < -0.3 is 20.6 Å². The molecule has 0 radical (unpaired) electrons. The number of nitrogens with two attached hydrogens (primary N) is 2. The standard InChI is InChI=1S/C6H14N2.2C6H6O3S.Pt/c7-5-3-1-2-4-6(5)8;2*7-10(8,9)6-4-2-1-3-5-6;/h5-6H,1-4,7-8H2;2*1-5H,(H,7,8,9);/q;;;+2/p-2. The molecule has 0 aromatic heterocycles. The average Bonchev–Trinajstić information content (AvgIpc) is 2.65. The van der Waals surface area contributed by atoms with Gasteiger partial charge in [0.2, 0.25) is 0 Å². The summed E-state index contributed by atoms with van der Waals surface area (Å²) in [4.78, 5) is -0.370. The second-order valence-electron chi connectivity index (χ2n) is 6.15. The summed E-state index contributed by atoms with van der Waals surface area (Å²) in [5.41, 5.74) is 11.3. The van der Waals surface area contributed by atoms with Crippen LogP contribution in [0, 0.1) is 0 Å². The zero-order valence-electron chi connectivity index (χ0n) is 15.5. The molecule has 2 atom stereocenters. The van der Waals surface area contributed by atoms with Crippen LogP contribution in [0.25, 0.3) is 0 Å². The van der Waals surface area contributed by atoms with Gasteiger partial charge in [-0.2, -0.15) is 0 Å². The van der Waals surface area contributed by atoms with Gasteiger partial charge in [-0.3, -0.25) is 0 Å². The molecule has 2 aromatic carbocycles. The minimum absolute atomic E-state index is 0. The van der Waals surface area contributed by atoms with Gasteiger partial charge in [-0.25, -0.2) is 16.8 Å². The molecule has 11 heteroatoms. The molecule has 1 aliphatic rings. The summed E-state index contributed by atoms with van der Waals surface area (Å²) in [6.07, 6.45) is 4.80. The summed E-state index contributed by atoms with van der Waals surface area (Å²) >= 11 is 0. The van der Waals surface area contributed by atoms with E-state index in [0.29, 0.717) is 0 Å². The van der Waals surface area contributed by atoms with Crippen LogP contribution in [0.1, 0.15) is 25.7 Å². The van der Waals surface area contributed by atoms with E-state index in [1.54, 1.807) is 12.1 Å². The number of benzene rings is 2. The Balaban J connectivity index is 0.000000401. The molecule has 0 aliphatic heterocycles. The number of hydrogen-bond acceptors (Lipinski definition) is 8. The van der Waals surface area contributed by atoms with E-state index in [0.717, 1.165) is 12.8 Å². The van der Waals surface area contributed by atoms with Gasteiger partial charge in [0, 0.05) is 12.1 Å². The molecule has 0 saturated heterocycles. The maximum Gasteiger partial charge on any atom is 2.00 e. The van der Waals surface area contributed by atoms with Gasteiger partial charge in [-0.05, 0) is 37.1 Å². The van der Waals surface area contributed by atoms with Crippen LogP contribution in [-0.4, -0.2) is 38.0 Å². The summed E-state index contributed by atoms with van der Waals surface area (Å²) in [5.74, 6) is 0. The first kappa shape index (κ1) is 27.9. The van der Waals surface area contributed by atoms with Crippen LogP contribution in [0.15, 0.2) is 70.5 Å². The van der Waals surface area contributed by atoms with Gasteiger partial charge in [-0.1, -0.05) is 49.2 Å². The summed E-state index contributed by atoms with van der Waals surface area (Å²) in [5, 5.41) is 0. The van der Waals surface area contributed by atoms with Crippen LogP contribution < -0.4 is 11.5 Å². The van der Waals surface area contributed by atoms with Crippen LogP contribution in [-0.2, 0) is 41.3 Å². The third-order valence-corrected chi connectivity index (χ3v) is 5.64. The third kappa shape index (κ3) is 11.6. The maximum absolute atomic E-state index is 10.3. The van der Waals surface area contributed by atoms with Gasteiger partial charge in [0.25, 0.3) is 0 Å². The Morgan fingerprint density at radius 1 is 0.655 bits per heavy atom. The first-order valence-corrected chi connectivity index (χ1v) is 11.4. The van der Waals surface area contributed by atoms with Crippen LogP contribution in [0.3, 0.4) is 0 Å². The molecule has 164 valence electrons. The van der Waals surface area contributed by atoms with Crippen LogP contribution >= 0.6 is 0 Å². The summed E-state index contributed by atoms with van der Waals surface area (Å²) in [7, 11) is -8.51. The Morgan fingerprint density at radius 3 is 1.10 bits per heavy atom. The van der Waals surface area contributed by atoms with Crippen molar-refractivity contribution in [1.29, 1.82) is 0 Å². The Bertz CT molecular complexity index is 832. The summed E-state index contributed by atoms with van der Waals surface area (Å²) in [6, 6.07) is 14.9. The molecule has 8 nitrogen and oxygen atoms in total. The Morgan fingerprint density at radius 2 is 0.931 bits per heavy atom. The van der Waals surface area contributed by atoms with Crippen molar-refractivity contribution in [3.05, 3.63) is 60.7 Å². The predicted octanol–water partition coefficient (Wildman–Crippen LogP) is 1.39. The molecule has 1 fully saturated rings. The quantitative estimate of drug-likeness (QED) is 0.474. The third-order valence-electron chi connectivity index (χ3n) is 3.94. The molecule has 3 rings (SSSR count). The van der Waals surface area contributed by atoms with Crippen LogP contribution in [0.5, 0.6) is 0 Å². The largest absolute Gasteiger partial charge is 2.00 e. The van der Waals surface area contributed by atoms with Crippen LogP contribution in [0.4, 0.5) is 0 Å². The molecule has 0 heterocycles. The maximum atomic E-state index is 10.3. The van der Waals surface area contributed by atoms with E-state index in [4.69, 9.17) is 11.5 Å². The zero-order chi connectivity index (χ0) is 21.2. The smallest absolute Gasteiger partial charge is 0.744 e. The molecule has 0 bridgehead atoms. The van der Waals surface area contributed by atoms with Crippen molar-refractivity contribution in [1.82, 2.24) is 0 Å². The molecule has 2 unspecified atom stereocenters. The molecule has 1 aliphatic carbocycles. The zero-order valence-corrected chi connectivity index (χ0v) is 19.4. The van der Waals surface area contributed by atoms with Crippen molar-refractivity contribution < 1.29 is 47.0 Å². The van der Waals surface area contributed by atoms with Crippen molar-refractivity contribution in [2.24, 2.45) is 11.5 Å². The van der Waals surface area contributed by atoms with Gasteiger partial charge in [-0.15, -0.1) is 0 Å². The van der Waals surface area contributed by atoms with Gasteiger partial charge in [0.15, 0.2) is 0 Å². The molecule has 4 N–H and O–H groups in total. The first-order chi connectivity index (χ1) is 13.0. The van der Waals surface area contributed by atoms with E-state index in [1.807, 2.05) is 0 Å². The second-order valence-corrected chi connectivity index (χ2v) is 8.91. The van der Waals surface area contributed by atoms with Gasteiger partial charge in [0.05, 0.1) is 9.79 Å². The molecule has 0 amide bonds. The van der Waals surface area contributed by atoms with E-state index in [9.17, 15) is 25.9 Å². The van der Waals surface area contributed by atoms with Crippen molar-refractivity contribution in [2.75, 3.05) is 0 Å². The van der Waals surface area contributed by atoms with Crippen LogP contribution in [0.2, 0.25) is 0 Å². The minimum atomic E-state index is -4.25. The number of hydrogen-bond donors (Lipinski definition) is 2. The van der Waals surface area contributed by atoms with E-state index >= 15 is 0 Å². The van der Waals surface area contributed by atoms with Crippen molar-refractivity contribution >= 4 is 20.2 Å². The normalized spacial score (nSPS) is 18.8. The Hall–Kier alpha value is -1.13. The number of rotatable bonds is 2. The monoisotopic (exact) mass is 623 g/mol. The van der Waals surface area contributed by atoms with Crippen molar-refractivity contribution in [3.8, 4) is 0 Å². The SMILES string of the molecule is NC1CCCCC1N.O=S(=O)([O-])c1ccccc1.O=S(=O)([O-])c1ccccc1.[Pt+2]. The fourth-order valence-electron chi connectivity index (χ4n) is 2.36. The molecule has 1 saturated carbocycles. The summed E-state index contributed by atoms with van der Waals surface area (Å²) in [6.45, 7) is 0. The predicted molar refractivity (Wildman–Crippen MR) is 103 cm³/mol. The fourth-order valence-corrected chi connectivity index (χ4v) is 3.34. The molecule has 29 heavy (non-hydrogen) atoms.